The van der Waals surface area contributed by atoms with Crippen LogP contribution in [0.25, 0.3) is 0 Å². The van der Waals surface area contributed by atoms with Gasteiger partial charge in [-0.15, -0.1) is 0 Å². The number of benzene rings is 1. The molecule has 0 bridgehead atoms. The van der Waals surface area contributed by atoms with Gasteiger partial charge >= 0.3 is 0 Å². The van der Waals surface area contributed by atoms with Gasteiger partial charge < -0.3 is 20.4 Å². The second kappa shape index (κ2) is 10.5. The van der Waals surface area contributed by atoms with Gasteiger partial charge in [0.05, 0.1) is 6.04 Å². The lowest BCUT2D eigenvalue weighted by Crippen LogP contribution is -2.37. The summed E-state index contributed by atoms with van der Waals surface area (Å²) in [6.07, 6.45) is 4.91. The maximum atomic E-state index is 5.62. The van der Waals surface area contributed by atoms with E-state index in [1.807, 2.05) is 18.2 Å². The van der Waals surface area contributed by atoms with Crippen LogP contribution >= 0.6 is 12.2 Å². The molecule has 4 rings (SSSR count). The van der Waals surface area contributed by atoms with Gasteiger partial charge in [0.1, 0.15) is 11.6 Å². The van der Waals surface area contributed by atoms with Crippen molar-refractivity contribution < 1.29 is 0 Å². The molecule has 2 aromatic rings. The van der Waals surface area contributed by atoms with Crippen molar-refractivity contribution in [1.29, 1.82) is 0 Å². The monoisotopic (exact) mass is 452 g/mol. The lowest BCUT2D eigenvalue weighted by Gasteiger charge is -2.34. The average Bonchev–Trinajstić information content (AvgIpc) is 2.80. The molecule has 0 radical (unpaired) electrons. The topological polar surface area (TPSA) is 56.3 Å². The minimum atomic E-state index is 0.102. The van der Waals surface area contributed by atoms with Gasteiger partial charge in [-0.05, 0) is 62.2 Å². The lowest BCUT2D eigenvalue weighted by atomic mass is 9.99. The van der Waals surface area contributed by atoms with Gasteiger partial charge in [-0.3, -0.25) is 0 Å². The zero-order valence-corrected chi connectivity index (χ0v) is 20.4. The maximum absolute atomic E-state index is 5.62. The Kier molecular flexibility index (Phi) is 7.45. The van der Waals surface area contributed by atoms with Crippen LogP contribution in [0.4, 0.5) is 17.6 Å². The first-order valence-corrected chi connectivity index (χ1v) is 12.4. The zero-order valence-electron chi connectivity index (χ0n) is 19.6. The first-order chi connectivity index (χ1) is 15.5. The molecule has 2 aliphatic heterocycles. The standard InChI is InChI=1S/C25H36N6S/c1-18-11-14-30(15-12-18)22-16-23(31-13-7-8-19(2)17-31)28-24(27-22)29-25(32)26-20(3)21-9-5-4-6-10-21/h4-6,9-10,16,18-20H,7-8,11-15,17H2,1-3H3,(H2,26,27,28,29,32)/t19-,20-/m0/s1. The second-order valence-corrected chi connectivity index (χ2v) is 9.91. The van der Waals surface area contributed by atoms with Crippen LogP contribution in [0, 0.1) is 11.8 Å². The maximum Gasteiger partial charge on any atom is 0.232 e. The van der Waals surface area contributed by atoms with Crippen LogP contribution in [0.2, 0.25) is 0 Å². The number of piperidine rings is 2. The number of nitrogens with zero attached hydrogens (tertiary/aromatic N) is 4. The minimum absolute atomic E-state index is 0.102. The van der Waals surface area contributed by atoms with Crippen LogP contribution in [0.15, 0.2) is 36.4 Å². The van der Waals surface area contributed by atoms with Gasteiger partial charge in [-0.2, -0.15) is 9.97 Å². The molecule has 2 fully saturated rings. The summed E-state index contributed by atoms with van der Waals surface area (Å²) in [6.45, 7) is 10.9. The van der Waals surface area contributed by atoms with Crippen LogP contribution in [-0.2, 0) is 0 Å². The Labute approximate surface area is 197 Å². The largest absolute Gasteiger partial charge is 0.356 e. The molecule has 2 saturated heterocycles. The number of nitrogens with one attached hydrogen (secondary N) is 2. The molecule has 2 aliphatic rings. The summed E-state index contributed by atoms with van der Waals surface area (Å²) in [6, 6.07) is 12.6. The molecule has 1 aromatic carbocycles. The van der Waals surface area contributed by atoms with Crippen molar-refractivity contribution in [3.05, 3.63) is 42.0 Å². The number of hydrogen-bond donors (Lipinski definition) is 2. The lowest BCUT2D eigenvalue weighted by molar-refractivity contribution is 0.435. The van der Waals surface area contributed by atoms with E-state index in [4.69, 9.17) is 22.2 Å². The van der Waals surface area contributed by atoms with E-state index in [0.717, 1.165) is 43.7 Å². The number of thiocarbonyl (C=S) groups is 1. The predicted molar refractivity (Wildman–Crippen MR) is 137 cm³/mol. The van der Waals surface area contributed by atoms with Gasteiger partial charge in [-0.25, -0.2) is 0 Å². The van der Waals surface area contributed by atoms with Crippen LogP contribution < -0.4 is 20.4 Å². The summed E-state index contributed by atoms with van der Waals surface area (Å²) in [7, 11) is 0. The molecule has 0 unspecified atom stereocenters. The van der Waals surface area contributed by atoms with Crippen molar-refractivity contribution in [3.63, 3.8) is 0 Å². The number of hydrogen-bond acceptors (Lipinski definition) is 5. The Bertz CT molecular complexity index is 897. The summed E-state index contributed by atoms with van der Waals surface area (Å²) in [5.74, 6) is 4.04. The molecule has 172 valence electrons. The predicted octanol–water partition coefficient (Wildman–Crippen LogP) is 5.00. The third-order valence-corrected chi connectivity index (χ3v) is 6.88. The fourth-order valence-corrected chi connectivity index (χ4v) is 4.86. The molecule has 2 N–H and O–H groups in total. The fraction of sp³-hybridized carbons (Fsp3) is 0.560. The second-order valence-electron chi connectivity index (χ2n) is 9.50. The highest BCUT2D eigenvalue weighted by atomic mass is 32.1. The Balaban J connectivity index is 1.52. The third-order valence-electron chi connectivity index (χ3n) is 6.66. The Morgan fingerprint density at radius 2 is 1.66 bits per heavy atom. The first kappa shape index (κ1) is 22.8. The number of anilines is 3. The average molecular weight is 453 g/mol. The van der Waals surface area contributed by atoms with E-state index >= 15 is 0 Å². The van der Waals surface area contributed by atoms with Crippen molar-refractivity contribution in [2.24, 2.45) is 11.8 Å². The van der Waals surface area contributed by atoms with E-state index in [0.29, 0.717) is 17.0 Å². The molecular formula is C25H36N6S. The van der Waals surface area contributed by atoms with Crippen molar-refractivity contribution in [1.82, 2.24) is 15.3 Å². The molecule has 0 spiro atoms. The molecule has 2 atom stereocenters. The van der Waals surface area contributed by atoms with Crippen LogP contribution in [-0.4, -0.2) is 41.3 Å². The summed E-state index contributed by atoms with van der Waals surface area (Å²) in [5, 5.41) is 7.18. The highest BCUT2D eigenvalue weighted by Gasteiger charge is 2.23. The van der Waals surface area contributed by atoms with Gasteiger partial charge in [0.15, 0.2) is 5.11 Å². The zero-order chi connectivity index (χ0) is 22.5. The van der Waals surface area contributed by atoms with E-state index in [9.17, 15) is 0 Å². The Morgan fingerprint density at radius 1 is 0.969 bits per heavy atom. The van der Waals surface area contributed by atoms with Gasteiger partial charge in [-0.1, -0.05) is 44.2 Å². The fourth-order valence-electron chi connectivity index (χ4n) is 4.60. The molecule has 32 heavy (non-hydrogen) atoms. The van der Waals surface area contributed by atoms with E-state index in [1.54, 1.807) is 0 Å². The molecule has 0 saturated carbocycles. The SMILES string of the molecule is CC1CCN(c2cc(N3CCC[C@H](C)C3)nc(NC(=S)N[C@@H](C)c3ccccc3)n2)CC1. The summed E-state index contributed by atoms with van der Waals surface area (Å²) < 4.78 is 0. The summed E-state index contributed by atoms with van der Waals surface area (Å²) in [4.78, 5) is 14.5. The third kappa shape index (κ3) is 5.88. The smallest absolute Gasteiger partial charge is 0.232 e. The molecule has 1 aromatic heterocycles. The number of rotatable bonds is 5. The molecule has 0 amide bonds. The number of aromatic nitrogens is 2. The molecule has 7 heteroatoms. The van der Waals surface area contributed by atoms with Gasteiger partial charge in [0.25, 0.3) is 0 Å². The summed E-state index contributed by atoms with van der Waals surface area (Å²) in [5.41, 5.74) is 1.19. The van der Waals surface area contributed by atoms with Gasteiger partial charge in [0, 0.05) is 32.2 Å². The molecule has 0 aliphatic carbocycles. The molecule has 3 heterocycles. The minimum Gasteiger partial charge on any atom is -0.356 e. The van der Waals surface area contributed by atoms with Crippen LogP contribution in [0.3, 0.4) is 0 Å². The van der Waals surface area contributed by atoms with E-state index in [-0.39, 0.29) is 6.04 Å². The van der Waals surface area contributed by atoms with E-state index in [1.165, 1.54) is 31.2 Å². The normalized spacial score (nSPS) is 20.7. The molecular weight excluding hydrogens is 416 g/mol. The Morgan fingerprint density at radius 3 is 2.34 bits per heavy atom. The highest BCUT2D eigenvalue weighted by Crippen LogP contribution is 2.28. The van der Waals surface area contributed by atoms with Crippen LogP contribution in [0.5, 0.6) is 0 Å². The van der Waals surface area contributed by atoms with Crippen LogP contribution in [0.1, 0.15) is 58.1 Å². The molecule has 6 nitrogen and oxygen atoms in total. The van der Waals surface area contributed by atoms with E-state index in [2.05, 4.69) is 59.4 Å². The quantitative estimate of drug-likeness (QED) is 0.619. The summed E-state index contributed by atoms with van der Waals surface area (Å²) >= 11 is 5.62. The van der Waals surface area contributed by atoms with Crippen molar-refractivity contribution in [2.75, 3.05) is 41.3 Å². The van der Waals surface area contributed by atoms with Crippen molar-refractivity contribution in [2.45, 2.75) is 52.5 Å². The first-order valence-electron chi connectivity index (χ1n) is 12.0. The van der Waals surface area contributed by atoms with Gasteiger partial charge in [0.2, 0.25) is 5.95 Å². The van der Waals surface area contributed by atoms with E-state index < -0.39 is 0 Å². The Hall–Kier alpha value is -2.41. The van der Waals surface area contributed by atoms with Crippen molar-refractivity contribution >= 4 is 34.9 Å². The van der Waals surface area contributed by atoms with Crippen molar-refractivity contribution in [3.8, 4) is 0 Å². The highest BCUT2D eigenvalue weighted by molar-refractivity contribution is 7.80.